The number of hydrogen-bond acceptors (Lipinski definition) is 7. The third-order valence-electron chi connectivity index (χ3n) is 3.09. The molecule has 1 amide bonds. The molecule has 0 unspecified atom stereocenters. The number of thioether (sulfide) groups is 1. The third-order valence-corrected chi connectivity index (χ3v) is 5.07. The van der Waals surface area contributed by atoms with Crippen LogP contribution in [0.5, 0.6) is 0 Å². The first-order valence-corrected chi connectivity index (χ1v) is 9.56. The summed E-state index contributed by atoms with van der Waals surface area (Å²) in [6.45, 7) is 0.561. The van der Waals surface area contributed by atoms with Gasteiger partial charge in [0, 0.05) is 29.2 Å². The molecule has 0 radical (unpaired) electrons. The number of benzene rings is 1. The molecule has 2 heterocycles. The summed E-state index contributed by atoms with van der Waals surface area (Å²) >= 11 is 8.86. The number of nitrogens with one attached hydrogen (secondary N) is 2. The van der Waals surface area contributed by atoms with E-state index in [4.69, 9.17) is 11.6 Å². The summed E-state index contributed by atoms with van der Waals surface area (Å²) in [5.74, 6) is 0.808. The van der Waals surface area contributed by atoms with Crippen LogP contribution in [0.25, 0.3) is 0 Å². The highest BCUT2D eigenvalue weighted by atomic mass is 35.5. The van der Waals surface area contributed by atoms with Gasteiger partial charge in [-0.1, -0.05) is 41.6 Å². The molecule has 25 heavy (non-hydrogen) atoms. The Labute approximate surface area is 158 Å². The van der Waals surface area contributed by atoms with Crippen LogP contribution in [0, 0.1) is 0 Å². The maximum atomic E-state index is 11.9. The number of halogens is 1. The quantitative estimate of drug-likeness (QED) is 0.469. The largest absolute Gasteiger partial charge is 0.366 e. The van der Waals surface area contributed by atoms with Gasteiger partial charge in [-0.05, 0) is 11.6 Å². The molecule has 0 saturated heterocycles. The topological polar surface area (TPSA) is 79.8 Å². The predicted molar refractivity (Wildman–Crippen MR) is 102 cm³/mol. The summed E-state index contributed by atoms with van der Waals surface area (Å²) in [5, 5.41) is 9.76. The standard InChI is InChI=1S/C16H14ClN5OS2/c17-12-4-2-1-3-11(12)8-19-13-7-15(21-10-20-13)25-9-14(23)22-16-18-5-6-24-16/h1-7,10H,8-9H2,(H,18,22,23)(H,19,20,21). The second-order valence-electron chi connectivity index (χ2n) is 4.86. The van der Waals surface area contributed by atoms with Crippen LogP contribution in [0.4, 0.5) is 10.9 Å². The van der Waals surface area contributed by atoms with Crippen molar-refractivity contribution >= 4 is 51.6 Å². The molecule has 0 atom stereocenters. The Kier molecular flexibility index (Phi) is 6.21. The molecule has 128 valence electrons. The molecule has 6 nitrogen and oxygen atoms in total. The molecule has 0 aliphatic carbocycles. The average molecular weight is 392 g/mol. The van der Waals surface area contributed by atoms with Crippen molar-refractivity contribution in [1.82, 2.24) is 15.0 Å². The fourth-order valence-corrected chi connectivity index (χ4v) is 3.34. The number of amides is 1. The van der Waals surface area contributed by atoms with Gasteiger partial charge in [0.15, 0.2) is 5.13 Å². The van der Waals surface area contributed by atoms with Crippen LogP contribution >= 0.6 is 34.7 Å². The van der Waals surface area contributed by atoms with Gasteiger partial charge in [0.2, 0.25) is 5.91 Å². The Bertz CT molecular complexity index is 844. The Morgan fingerprint density at radius 1 is 1.24 bits per heavy atom. The smallest absolute Gasteiger partial charge is 0.236 e. The molecule has 3 rings (SSSR count). The van der Waals surface area contributed by atoms with Gasteiger partial charge in [-0.15, -0.1) is 11.3 Å². The van der Waals surface area contributed by atoms with Crippen LogP contribution in [0.15, 0.2) is 53.3 Å². The first-order chi connectivity index (χ1) is 12.2. The van der Waals surface area contributed by atoms with E-state index in [0.29, 0.717) is 27.5 Å². The second-order valence-corrected chi connectivity index (χ2v) is 7.16. The first-order valence-electron chi connectivity index (χ1n) is 7.32. The Hall–Kier alpha value is -2.16. The van der Waals surface area contributed by atoms with E-state index in [2.05, 4.69) is 25.6 Å². The molecule has 0 aliphatic heterocycles. The fourth-order valence-electron chi connectivity index (χ4n) is 1.92. The van der Waals surface area contributed by atoms with E-state index in [1.54, 1.807) is 12.3 Å². The third kappa shape index (κ3) is 5.42. The molecule has 0 saturated carbocycles. The second kappa shape index (κ2) is 8.80. The van der Waals surface area contributed by atoms with Gasteiger partial charge in [0.1, 0.15) is 17.2 Å². The minimum absolute atomic E-state index is 0.121. The van der Waals surface area contributed by atoms with Crippen molar-refractivity contribution in [2.24, 2.45) is 0 Å². The molecule has 0 fully saturated rings. The molecule has 3 aromatic rings. The van der Waals surface area contributed by atoms with Gasteiger partial charge < -0.3 is 10.6 Å². The number of rotatable bonds is 7. The minimum atomic E-state index is -0.121. The molecule has 0 aliphatic rings. The van der Waals surface area contributed by atoms with Crippen molar-refractivity contribution in [3.63, 3.8) is 0 Å². The number of nitrogens with zero attached hydrogens (tertiary/aromatic N) is 3. The van der Waals surface area contributed by atoms with Crippen LogP contribution in [0.3, 0.4) is 0 Å². The van der Waals surface area contributed by atoms with E-state index in [0.717, 1.165) is 5.56 Å². The number of carbonyl (C=O) groups is 1. The zero-order valence-corrected chi connectivity index (χ0v) is 15.4. The highest BCUT2D eigenvalue weighted by molar-refractivity contribution is 7.99. The van der Waals surface area contributed by atoms with Gasteiger partial charge in [-0.3, -0.25) is 4.79 Å². The highest BCUT2D eigenvalue weighted by Gasteiger charge is 2.07. The van der Waals surface area contributed by atoms with Crippen LogP contribution in [0.2, 0.25) is 5.02 Å². The maximum Gasteiger partial charge on any atom is 0.236 e. The van der Waals surface area contributed by atoms with Crippen molar-refractivity contribution in [2.45, 2.75) is 11.6 Å². The summed E-state index contributed by atoms with van der Waals surface area (Å²) in [6, 6.07) is 9.43. The van der Waals surface area contributed by atoms with E-state index in [1.165, 1.54) is 29.4 Å². The minimum Gasteiger partial charge on any atom is -0.366 e. The Morgan fingerprint density at radius 3 is 2.92 bits per heavy atom. The van der Waals surface area contributed by atoms with E-state index < -0.39 is 0 Å². The van der Waals surface area contributed by atoms with Crippen molar-refractivity contribution in [1.29, 1.82) is 0 Å². The average Bonchev–Trinajstić information content (AvgIpc) is 3.13. The Balaban J connectivity index is 1.52. The zero-order valence-electron chi connectivity index (χ0n) is 13.0. The number of aromatic nitrogens is 3. The number of anilines is 2. The van der Waals surface area contributed by atoms with E-state index in [-0.39, 0.29) is 11.7 Å². The van der Waals surface area contributed by atoms with E-state index in [1.807, 2.05) is 29.6 Å². The summed E-state index contributed by atoms with van der Waals surface area (Å²) < 4.78 is 0. The highest BCUT2D eigenvalue weighted by Crippen LogP contribution is 2.20. The predicted octanol–water partition coefficient (Wildman–Crippen LogP) is 3.93. The van der Waals surface area contributed by atoms with Gasteiger partial charge >= 0.3 is 0 Å². The first kappa shape index (κ1) is 17.7. The maximum absolute atomic E-state index is 11.9. The van der Waals surface area contributed by atoms with Gasteiger partial charge in [0.25, 0.3) is 0 Å². The molecule has 2 N–H and O–H groups in total. The SMILES string of the molecule is O=C(CSc1cc(NCc2ccccc2Cl)ncn1)Nc1nccs1. The van der Waals surface area contributed by atoms with E-state index >= 15 is 0 Å². The van der Waals surface area contributed by atoms with Gasteiger partial charge in [-0.2, -0.15) is 0 Å². The normalized spacial score (nSPS) is 10.4. The van der Waals surface area contributed by atoms with Gasteiger partial charge in [-0.25, -0.2) is 15.0 Å². The molecule has 1 aromatic carbocycles. The van der Waals surface area contributed by atoms with Gasteiger partial charge in [0.05, 0.1) is 5.75 Å². The molecule has 9 heteroatoms. The van der Waals surface area contributed by atoms with Crippen molar-refractivity contribution in [2.75, 3.05) is 16.4 Å². The summed E-state index contributed by atoms with van der Waals surface area (Å²) in [7, 11) is 0. The summed E-state index contributed by atoms with van der Waals surface area (Å²) in [4.78, 5) is 24.3. The molecular weight excluding hydrogens is 378 g/mol. The molecule has 0 bridgehead atoms. The Morgan fingerprint density at radius 2 is 2.12 bits per heavy atom. The summed E-state index contributed by atoms with van der Waals surface area (Å²) in [6.07, 6.45) is 3.12. The van der Waals surface area contributed by atoms with Crippen molar-refractivity contribution < 1.29 is 4.79 Å². The fraction of sp³-hybridized carbons (Fsp3) is 0.125. The molecular formula is C16H14ClN5OS2. The van der Waals surface area contributed by atoms with Crippen LogP contribution in [0.1, 0.15) is 5.56 Å². The van der Waals surface area contributed by atoms with Crippen LogP contribution < -0.4 is 10.6 Å². The molecule has 2 aromatic heterocycles. The lowest BCUT2D eigenvalue weighted by Crippen LogP contribution is -2.13. The lowest BCUT2D eigenvalue weighted by atomic mass is 10.2. The number of thiazole rings is 1. The lowest BCUT2D eigenvalue weighted by Gasteiger charge is -2.08. The summed E-state index contributed by atoms with van der Waals surface area (Å²) in [5.41, 5.74) is 0.986. The van der Waals surface area contributed by atoms with Crippen LogP contribution in [-0.2, 0) is 11.3 Å². The van der Waals surface area contributed by atoms with Crippen molar-refractivity contribution in [3.05, 3.63) is 58.8 Å². The van der Waals surface area contributed by atoms with Crippen LogP contribution in [-0.4, -0.2) is 26.6 Å². The monoisotopic (exact) mass is 391 g/mol. The number of carbonyl (C=O) groups excluding carboxylic acids is 1. The lowest BCUT2D eigenvalue weighted by molar-refractivity contribution is -0.113. The van der Waals surface area contributed by atoms with Crippen molar-refractivity contribution in [3.8, 4) is 0 Å². The zero-order chi connectivity index (χ0) is 17.5. The molecule has 0 spiro atoms. The number of hydrogen-bond donors (Lipinski definition) is 2. The van der Waals surface area contributed by atoms with E-state index in [9.17, 15) is 4.79 Å².